The SMILES string of the molecule is CCCC(C)c1[nH]ncc1Br. The van der Waals surface area contributed by atoms with Crippen LogP contribution in [0.25, 0.3) is 0 Å². The molecule has 0 saturated heterocycles. The zero-order valence-electron chi connectivity index (χ0n) is 6.89. The van der Waals surface area contributed by atoms with E-state index >= 15 is 0 Å². The van der Waals surface area contributed by atoms with Crippen LogP contribution in [0, 0.1) is 0 Å². The lowest BCUT2D eigenvalue weighted by Crippen LogP contribution is -1.93. The Labute approximate surface area is 75.5 Å². The maximum absolute atomic E-state index is 3.95. The second-order valence-electron chi connectivity index (χ2n) is 2.82. The number of nitrogens with one attached hydrogen (secondary N) is 1. The van der Waals surface area contributed by atoms with E-state index < -0.39 is 0 Å². The van der Waals surface area contributed by atoms with E-state index in [1.54, 1.807) is 0 Å². The van der Waals surface area contributed by atoms with Gasteiger partial charge in [0, 0.05) is 0 Å². The molecule has 11 heavy (non-hydrogen) atoms. The van der Waals surface area contributed by atoms with Crippen LogP contribution in [0.1, 0.15) is 38.3 Å². The van der Waals surface area contributed by atoms with Crippen LogP contribution >= 0.6 is 15.9 Å². The molecule has 1 aromatic heterocycles. The van der Waals surface area contributed by atoms with Gasteiger partial charge in [-0.05, 0) is 28.3 Å². The molecule has 0 aliphatic rings. The van der Waals surface area contributed by atoms with E-state index in [1.165, 1.54) is 18.5 Å². The Hall–Kier alpha value is -0.310. The van der Waals surface area contributed by atoms with Gasteiger partial charge in [-0.25, -0.2) is 0 Å². The maximum Gasteiger partial charge on any atom is 0.0632 e. The third-order valence-electron chi connectivity index (χ3n) is 1.83. The second kappa shape index (κ2) is 3.90. The van der Waals surface area contributed by atoms with Crippen LogP contribution in [-0.2, 0) is 0 Å². The van der Waals surface area contributed by atoms with Crippen LogP contribution in [0.5, 0.6) is 0 Å². The van der Waals surface area contributed by atoms with Gasteiger partial charge >= 0.3 is 0 Å². The molecule has 0 aromatic carbocycles. The van der Waals surface area contributed by atoms with Crippen LogP contribution in [0.2, 0.25) is 0 Å². The summed E-state index contributed by atoms with van der Waals surface area (Å²) in [6, 6.07) is 0. The van der Waals surface area contributed by atoms with E-state index in [4.69, 9.17) is 0 Å². The van der Waals surface area contributed by atoms with Gasteiger partial charge in [-0.2, -0.15) is 5.10 Å². The normalized spacial score (nSPS) is 13.4. The highest BCUT2D eigenvalue weighted by molar-refractivity contribution is 9.10. The molecule has 62 valence electrons. The number of hydrogen-bond donors (Lipinski definition) is 1. The number of aromatic nitrogens is 2. The van der Waals surface area contributed by atoms with Gasteiger partial charge in [0.2, 0.25) is 0 Å². The molecule has 2 nitrogen and oxygen atoms in total. The number of rotatable bonds is 3. The molecule has 0 bridgehead atoms. The molecule has 1 unspecified atom stereocenters. The Morgan fingerprint density at radius 1 is 1.73 bits per heavy atom. The van der Waals surface area contributed by atoms with Gasteiger partial charge in [0.25, 0.3) is 0 Å². The van der Waals surface area contributed by atoms with Gasteiger partial charge < -0.3 is 0 Å². The van der Waals surface area contributed by atoms with Crippen LogP contribution in [0.15, 0.2) is 10.7 Å². The molecule has 0 amide bonds. The number of hydrogen-bond acceptors (Lipinski definition) is 1. The van der Waals surface area contributed by atoms with Crippen LogP contribution in [0.3, 0.4) is 0 Å². The molecule has 0 aliphatic carbocycles. The standard InChI is InChI=1S/C8H13BrN2/c1-3-4-6(2)8-7(9)5-10-11-8/h5-6H,3-4H2,1-2H3,(H,10,11). The van der Waals surface area contributed by atoms with E-state index in [1.807, 2.05) is 6.20 Å². The minimum atomic E-state index is 0.580. The van der Waals surface area contributed by atoms with Gasteiger partial charge in [-0.15, -0.1) is 0 Å². The first-order valence-corrected chi connectivity index (χ1v) is 4.73. The topological polar surface area (TPSA) is 28.7 Å². The molecule has 1 aromatic rings. The zero-order valence-corrected chi connectivity index (χ0v) is 8.48. The van der Waals surface area contributed by atoms with E-state index in [9.17, 15) is 0 Å². The zero-order chi connectivity index (χ0) is 8.27. The summed E-state index contributed by atoms with van der Waals surface area (Å²) in [5.41, 5.74) is 1.21. The van der Waals surface area contributed by atoms with Crippen molar-refractivity contribution >= 4 is 15.9 Å². The molecular weight excluding hydrogens is 204 g/mol. The van der Waals surface area contributed by atoms with E-state index in [2.05, 4.69) is 40.0 Å². The molecular formula is C8H13BrN2. The number of halogens is 1. The summed E-state index contributed by atoms with van der Waals surface area (Å²) in [6.45, 7) is 4.41. The molecule has 1 atom stereocenters. The summed E-state index contributed by atoms with van der Waals surface area (Å²) in [6.07, 6.45) is 4.23. The summed E-state index contributed by atoms with van der Waals surface area (Å²) < 4.78 is 1.10. The molecule has 0 spiro atoms. The fraction of sp³-hybridized carbons (Fsp3) is 0.625. The monoisotopic (exact) mass is 216 g/mol. The van der Waals surface area contributed by atoms with Crippen molar-refractivity contribution in [3.8, 4) is 0 Å². The molecule has 1 rings (SSSR count). The van der Waals surface area contributed by atoms with E-state index in [0.29, 0.717) is 5.92 Å². The smallest absolute Gasteiger partial charge is 0.0632 e. The Bertz CT molecular complexity index is 220. The fourth-order valence-electron chi connectivity index (χ4n) is 1.20. The highest BCUT2D eigenvalue weighted by Crippen LogP contribution is 2.25. The molecule has 3 heteroatoms. The number of aromatic amines is 1. The summed E-state index contributed by atoms with van der Waals surface area (Å²) in [4.78, 5) is 0. The minimum absolute atomic E-state index is 0.580. The Morgan fingerprint density at radius 2 is 2.45 bits per heavy atom. The van der Waals surface area contributed by atoms with Crippen molar-refractivity contribution in [3.63, 3.8) is 0 Å². The summed E-state index contributed by atoms with van der Waals surface area (Å²) in [5, 5.41) is 6.95. The fourth-order valence-corrected chi connectivity index (χ4v) is 1.79. The predicted octanol–water partition coefficient (Wildman–Crippen LogP) is 3.08. The lowest BCUT2D eigenvalue weighted by molar-refractivity contribution is 0.643. The van der Waals surface area contributed by atoms with Crippen molar-refractivity contribution in [2.75, 3.05) is 0 Å². The molecule has 0 aliphatic heterocycles. The van der Waals surface area contributed by atoms with Crippen LogP contribution in [0.4, 0.5) is 0 Å². The highest BCUT2D eigenvalue weighted by Gasteiger charge is 2.09. The molecule has 0 fully saturated rings. The van der Waals surface area contributed by atoms with Crippen molar-refractivity contribution in [2.45, 2.75) is 32.6 Å². The third kappa shape index (κ3) is 2.06. The summed E-state index contributed by atoms with van der Waals surface area (Å²) >= 11 is 3.44. The third-order valence-corrected chi connectivity index (χ3v) is 2.47. The summed E-state index contributed by atoms with van der Waals surface area (Å²) in [5.74, 6) is 0.580. The molecule has 1 N–H and O–H groups in total. The van der Waals surface area contributed by atoms with Gasteiger partial charge in [-0.1, -0.05) is 20.3 Å². The van der Waals surface area contributed by atoms with Crippen LogP contribution in [-0.4, -0.2) is 10.2 Å². The number of nitrogens with zero attached hydrogens (tertiary/aromatic N) is 1. The van der Waals surface area contributed by atoms with Crippen molar-refractivity contribution in [3.05, 3.63) is 16.4 Å². The average Bonchev–Trinajstić information content (AvgIpc) is 2.36. The van der Waals surface area contributed by atoms with Crippen molar-refractivity contribution in [1.29, 1.82) is 0 Å². The lowest BCUT2D eigenvalue weighted by Gasteiger charge is -2.06. The molecule has 0 saturated carbocycles. The first-order chi connectivity index (χ1) is 5.25. The largest absolute Gasteiger partial charge is 0.281 e. The van der Waals surface area contributed by atoms with Gasteiger partial charge in [0.05, 0.1) is 16.4 Å². The first kappa shape index (κ1) is 8.78. The second-order valence-corrected chi connectivity index (χ2v) is 3.68. The van der Waals surface area contributed by atoms with Gasteiger partial charge in [-0.3, -0.25) is 5.10 Å². The highest BCUT2D eigenvalue weighted by atomic mass is 79.9. The van der Waals surface area contributed by atoms with E-state index in [-0.39, 0.29) is 0 Å². The first-order valence-electron chi connectivity index (χ1n) is 3.94. The van der Waals surface area contributed by atoms with Crippen molar-refractivity contribution in [2.24, 2.45) is 0 Å². The van der Waals surface area contributed by atoms with Crippen LogP contribution < -0.4 is 0 Å². The quantitative estimate of drug-likeness (QED) is 0.827. The number of H-pyrrole nitrogens is 1. The van der Waals surface area contributed by atoms with E-state index in [0.717, 1.165) is 4.47 Å². The molecule has 0 radical (unpaired) electrons. The predicted molar refractivity (Wildman–Crippen MR) is 49.6 cm³/mol. The molecule has 1 heterocycles. The Kier molecular flexibility index (Phi) is 3.12. The minimum Gasteiger partial charge on any atom is -0.281 e. The van der Waals surface area contributed by atoms with Crippen molar-refractivity contribution < 1.29 is 0 Å². The summed E-state index contributed by atoms with van der Waals surface area (Å²) in [7, 11) is 0. The Morgan fingerprint density at radius 3 is 2.91 bits per heavy atom. The Balaban J connectivity index is 2.67. The maximum atomic E-state index is 3.95. The van der Waals surface area contributed by atoms with Gasteiger partial charge in [0.15, 0.2) is 0 Å². The average molecular weight is 217 g/mol. The van der Waals surface area contributed by atoms with Gasteiger partial charge in [0.1, 0.15) is 0 Å². The lowest BCUT2D eigenvalue weighted by atomic mass is 10.0. The van der Waals surface area contributed by atoms with Crippen molar-refractivity contribution in [1.82, 2.24) is 10.2 Å².